The predicted molar refractivity (Wildman–Crippen MR) is 65.1 cm³/mol. The minimum absolute atomic E-state index is 0.00112. The molecule has 0 saturated carbocycles. The van der Waals surface area contributed by atoms with Crippen LogP contribution in [0.1, 0.15) is 26.7 Å². The van der Waals surface area contributed by atoms with E-state index in [1.807, 2.05) is 13.8 Å². The number of carbonyl (C=O) groups is 1. The highest BCUT2D eigenvalue weighted by atomic mass is 32.2. The van der Waals surface area contributed by atoms with E-state index in [-0.39, 0.29) is 17.7 Å². The van der Waals surface area contributed by atoms with Gasteiger partial charge in [0.25, 0.3) is 0 Å². The van der Waals surface area contributed by atoms with Crippen molar-refractivity contribution in [2.75, 3.05) is 25.1 Å². The molecule has 0 radical (unpaired) electrons. The van der Waals surface area contributed by atoms with Crippen LogP contribution >= 0.6 is 0 Å². The number of rotatable bonds is 8. The van der Waals surface area contributed by atoms with Crippen LogP contribution in [0.3, 0.4) is 0 Å². The van der Waals surface area contributed by atoms with E-state index >= 15 is 0 Å². The molecular formula is C10H22N2O3S. The lowest BCUT2D eigenvalue weighted by atomic mass is 10.2. The van der Waals surface area contributed by atoms with Gasteiger partial charge in [-0.05, 0) is 13.3 Å². The second-order valence-electron chi connectivity index (χ2n) is 4.01. The molecule has 0 aromatic heterocycles. The van der Waals surface area contributed by atoms with E-state index < -0.39 is 9.84 Å². The molecule has 0 heterocycles. The number of sulfone groups is 1. The Morgan fingerprint density at radius 1 is 1.31 bits per heavy atom. The molecule has 96 valence electrons. The lowest BCUT2D eigenvalue weighted by Gasteiger charge is -2.11. The third-order valence-corrected chi connectivity index (χ3v) is 3.14. The minimum Gasteiger partial charge on any atom is -0.354 e. The Balaban J connectivity index is 3.49. The Morgan fingerprint density at radius 2 is 1.94 bits per heavy atom. The fourth-order valence-corrected chi connectivity index (χ4v) is 1.55. The zero-order valence-corrected chi connectivity index (χ0v) is 11.1. The van der Waals surface area contributed by atoms with E-state index in [2.05, 4.69) is 10.6 Å². The summed E-state index contributed by atoms with van der Waals surface area (Å²) in [5, 5.41) is 5.76. The topological polar surface area (TPSA) is 75.3 Å². The maximum Gasteiger partial charge on any atom is 0.221 e. The first-order valence-electron chi connectivity index (χ1n) is 5.53. The van der Waals surface area contributed by atoms with E-state index in [4.69, 9.17) is 0 Å². The second kappa shape index (κ2) is 7.62. The van der Waals surface area contributed by atoms with E-state index in [1.165, 1.54) is 6.26 Å². The van der Waals surface area contributed by atoms with Crippen LogP contribution < -0.4 is 10.6 Å². The molecule has 0 saturated heterocycles. The van der Waals surface area contributed by atoms with Crippen LogP contribution in [-0.2, 0) is 14.6 Å². The summed E-state index contributed by atoms with van der Waals surface area (Å²) in [4.78, 5) is 11.3. The summed E-state index contributed by atoms with van der Waals surface area (Å²) in [6.45, 7) is 4.87. The molecule has 16 heavy (non-hydrogen) atoms. The standard InChI is InChI=1S/C10H22N2O3S/c1-4-9(2)12-10(13)5-6-11-7-8-16(3,14)15/h9,11H,4-8H2,1-3H3,(H,12,13). The molecule has 0 aliphatic heterocycles. The van der Waals surface area contributed by atoms with Crippen molar-refractivity contribution in [1.29, 1.82) is 0 Å². The Kier molecular flexibility index (Phi) is 7.33. The molecule has 0 rings (SSSR count). The average molecular weight is 250 g/mol. The number of amides is 1. The van der Waals surface area contributed by atoms with Crippen LogP contribution in [0.4, 0.5) is 0 Å². The number of carbonyl (C=O) groups excluding carboxylic acids is 1. The summed E-state index contributed by atoms with van der Waals surface area (Å²) in [7, 11) is -2.91. The van der Waals surface area contributed by atoms with Crippen LogP contribution in [0.15, 0.2) is 0 Å². The summed E-state index contributed by atoms with van der Waals surface area (Å²) in [6, 6.07) is 0.198. The van der Waals surface area contributed by atoms with Gasteiger partial charge in [0, 0.05) is 31.8 Å². The third-order valence-electron chi connectivity index (χ3n) is 2.20. The van der Waals surface area contributed by atoms with Crippen molar-refractivity contribution in [3.63, 3.8) is 0 Å². The maximum absolute atomic E-state index is 11.3. The van der Waals surface area contributed by atoms with E-state index in [0.29, 0.717) is 19.5 Å². The molecule has 2 N–H and O–H groups in total. The first kappa shape index (κ1) is 15.4. The maximum atomic E-state index is 11.3. The molecule has 0 aromatic carbocycles. The second-order valence-corrected chi connectivity index (χ2v) is 6.27. The number of hydrogen-bond acceptors (Lipinski definition) is 4. The van der Waals surface area contributed by atoms with Crippen LogP contribution in [-0.4, -0.2) is 45.5 Å². The van der Waals surface area contributed by atoms with Crippen molar-refractivity contribution in [3.8, 4) is 0 Å². The molecule has 0 fully saturated rings. The molecule has 1 unspecified atom stereocenters. The van der Waals surface area contributed by atoms with Gasteiger partial charge >= 0.3 is 0 Å². The van der Waals surface area contributed by atoms with Gasteiger partial charge in [-0.15, -0.1) is 0 Å². The Hall–Kier alpha value is -0.620. The minimum atomic E-state index is -2.91. The van der Waals surface area contributed by atoms with Gasteiger partial charge in [-0.2, -0.15) is 0 Å². The molecule has 1 amide bonds. The van der Waals surface area contributed by atoms with Gasteiger partial charge in [0.15, 0.2) is 0 Å². The average Bonchev–Trinajstić information content (AvgIpc) is 2.15. The summed E-state index contributed by atoms with van der Waals surface area (Å²) in [6.07, 6.45) is 2.49. The van der Waals surface area contributed by atoms with Crippen LogP contribution in [0, 0.1) is 0 Å². The zero-order chi connectivity index (χ0) is 12.6. The molecule has 5 nitrogen and oxygen atoms in total. The van der Waals surface area contributed by atoms with Crippen molar-refractivity contribution in [2.24, 2.45) is 0 Å². The first-order chi connectivity index (χ1) is 7.35. The van der Waals surface area contributed by atoms with E-state index in [1.54, 1.807) is 0 Å². The first-order valence-corrected chi connectivity index (χ1v) is 7.59. The van der Waals surface area contributed by atoms with Gasteiger partial charge in [0.2, 0.25) is 5.91 Å². The molecule has 1 atom stereocenters. The van der Waals surface area contributed by atoms with Gasteiger partial charge in [-0.25, -0.2) is 8.42 Å². The summed E-state index contributed by atoms with van der Waals surface area (Å²) in [5.74, 6) is 0.112. The van der Waals surface area contributed by atoms with Gasteiger partial charge in [0.1, 0.15) is 9.84 Å². The van der Waals surface area contributed by atoms with E-state index in [9.17, 15) is 13.2 Å². The van der Waals surface area contributed by atoms with Gasteiger partial charge in [-0.1, -0.05) is 6.92 Å². The number of nitrogens with one attached hydrogen (secondary N) is 2. The fraction of sp³-hybridized carbons (Fsp3) is 0.900. The van der Waals surface area contributed by atoms with Crippen LogP contribution in [0.2, 0.25) is 0 Å². The van der Waals surface area contributed by atoms with Gasteiger partial charge < -0.3 is 10.6 Å². The lowest BCUT2D eigenvalue weighted by Crippen LogP contribution is -2.34. The smallest absolute Gasteiger partial charge is 0.221 e. The molecule has 0 aliphatic carbocycles. The highest BCUT2D eigenvalue weighted by molar-refractivity contribution is 7.90. The number of hydrogen-bond donors (Lipinski definition) is 2. The quantitative estimate of drug-likeness (QED) is 0.591. The van der Waals surface area contributed by atoms with Crippen molar-refractivity contribution in [3.05, 3.63) is 0 Å². The third kappa shape index (κ3) is 9.92. The van der Waals surface area contributed by atoms with Crippen molar-refractivity contribution >= 4 is 15.7 Å². The largest absolute Gasteiger partial charge is 0.354 e. The summed E-state index contributed by atoms with van der Waals surface area (Å²) in [5.41, 5.74) is 0. The molecule has 0 spiro atoms. The van der Waals surface area contributed by atoms with Crippen LogP contribution in [0.5, 0.6) is 0 Å². The molecule has 0 bridgehead atoms. The molecule has 6 heteroatoms. The highest BCUT2D eigenvalue weighted by Crippen LogP contribution is 1.89. The normalized spacial score (nSPS) is 13.4. The molecule has 0 aliphatic rings. The Morgan fingerprint density at radius 3 is 2.44 bits per heavy atom. The Bertz CT molecular complexity index is 301. The van der Waals surface area contributed by atoms with Crippen molar-refractivity contribution < 1.29 is 13.2 Å². The van der Waals surface area contributed by atoms with E-state index in [0.717, 1.165) is 6.42 Å². The lowest BCUT2D eigenvalue weighted by molar-refractivity contribution is -0.121. The fourth-order valence-electron chi connectivity index (χ4n) is 1.03. The molecular weight excluding hydrogens is 228 g/mol. The molecule has 0 aromatic rings. The Labute approximate surface area is 97.9 Å². The zero-order valence-electron chi connectivity index (χ0n) is 10.2. The van der Waals surface area contributed by atoms with Crippen molar-refractivity contribution in [2.45, 2.75) is 32.7 Å². The monoisotopic (exact) mass is 250 g/mol. The summed E-state index contributed by atoms with van der Waals surface area (Å²) >= 11 is 0. The van der Waals surface area contributed by atoms with Crippen molar-refractivity contribution in [1.82, 2.24) is 10.6 Å². The highest BCUT2D eigenvalue weighted by Gasteiger charge is 2.05. The predicted octanol–water partition coefficient (Wildman–Crippen LogP) is -0.0746. The summed E-state index contributed by atoms with van der Waals surface area (Å²) < 4.78 is 21.6. The van der Waals surface area contributed by atoms with Gasteiger partial charge in [-0.3, -0.25) is 4.79 Å². The van der Waals surface area contributed by atoms with Crippen LogP contribution in [0.25, 0.3) is 0 Å². The SMILES string of the molecule is CCC(C)NC(=O)CCNCCS(C)(=O)=O. The van der Waals surface area contributed by atoms with Gasteiger partial charge in [0.05, 0.1) is 5.75 Å².